The Bertz CT molecular complexity index is 1310. The predicted molar refractivity (Wildman–Crippen MR) is 199 cm³/mol. The summed E-state index contributed by atoms with van der Waals surface area (Å²) in [6, 6.07) is 8.69. The van der Waals surface area contributed by atoms with Gasteiger partial charge in [0.05, 0.1) is 31.8 Å². The Balaban J connectivity index is 1.41. The van der Waals surface area contributed by atoms with Crippen LogP contribution in [0.1, 0.15) is 130 Å². The highest BCUT2D eigenvalue weighted by molar-refractivity contribution is 5.48. The van der Waals surface area contributed by atoms with Crippen molar-refractivity contribution >= 4 is 0 Å². The van der Waals surface area contributed by atoms with Crippen molar-refractivity contribution in [1.29, 1.82) is 0 Å². The normalized spacial score (nSPS) is 22.8. The van der Waals surface area contributed by atoms with Crippen molar-refractivity contribution in [1.82, 2.24) is 0 Å². The Morgan fingerprint density at radius 3 is 1.14 bits per heavy atom. The molecule has 2 aliphatic rings. The quantitative estimate of drug-likeness (QED) is 0.260. The maximum absolute atomic E-state index is 11.1. The number of hydrogen-bond acceptors (Lipinski definition) is 6. The average Bonchev–Trinajstić information content (AvgIpc) is 2.94. The lowest BCUT2D eigenvalue weighted by Crippen LogP contribution is -2.56. The van der Waals surface area contributed by atoms with Crippen LogP contribution in [-0.2, 0) is 55.5 Å². The smallest absolute Gasteiger partial charge is 0.162 e. The van der Waals surface area contributed by atoms with Gasteiger partial charge in [0.1, 0.15) is 11.5 Å². The van der Waals surface area contributed by atoms with E-state index in [2.05, 4.69) is 121 Å². The van der Waals surface area contributed by atoms with E-state index in [1.54, 1.807) is 0 Å². The summed E-state index contributed by atoms with van der Waals surface area (Å²) in [5.41, 5.74) is 5.18. The molecule has 2 N–H and O–H groups in total. The van der Waals surface area contributed by atoms with E-state index in [1.807, 2.05) is 0 Å². The minimum absolute atomic E-state index is 0.163. The Hall–Kier alpha value is -2.12. The fourth-order valence-electron chi connectivity index (χ4n) is 7.54. The fourth-order valence-corrected chi connectivity index (χ4v) is 7.54. The number of phenolic OH excluding ortho intramolecular Hbond substituents is 2. The molecule has 0 amide bonds. The van der Waals surface area contributed by atoms with Crippen molar-refractivity contribution in [2.24, 2.45) is 28.1 Å². The van der Waals surface area contributed by atoms with Crippen LogP contribution in [0, 0.1) is 28.1 Å². The summed E-state index contributed by atoms with van der Waals surface area (Å²) < 4.78 is 25.9. The minimum atomic E-state index is -0.362. The molecule has 6 nitrogen and oxygen atoms in total. The monoisotopic (exact) mass is 681 g/mol. The lowest BCUT2D eigenvalue weighted by molar-refractivity contribution is -0.333. The first-order valence-electron chi connectivity index (χ1n) is 18.6. The minimum Gasteiger partial charge on any atom is -0.507 e. The molecule has 0 saturated carbocycles. The summed E-state index contributed by atoms with van der Waals surface area (Å²) in [6.07, 6.45) is 2.50. The molecule has 276 valence electrons. The third kappa shape index (κ3) is 9.61. The van der Waals surface area contributed by atoms with Crippen molar-refractivity contribution in [2.75, 3.05) is 26.4 Å². The molecular formula is C43H68O6. The molecule has 0 radical (unpaired) electrons. The van der Waals surface area contributed by atoms with E-state index >= 15 is 0 Å². The summed E-state index contributed by atoms with van der Waals surface area (Å²) >= 11 is 0. The number of aromatic hydroxyl groups is 2. The SMILES string of the molecule is CC(C)Cc1cc(CC(C)(C)C2OCC3(CO2)COC(C(C)(C)Cc2cc(CC(C)C)c(O)c(C(C)(C)C)c2)OC3)cc(C(C)(C)C)c1O. The Morgan fingerprint density at radius 2 is 0.878 bits per heavy atom. The molecule has 6 heteroatoms. The number of hydrogen-bond donors (Lipinski definition) is 2. The zero-order valence-electron chi connectivity index (χ0n) is 33.3. The summed E-state index contributed by atoms with van der Waals surface area (Å²) in [5, 5.41) is 22.3. The first-order valence-corrected chi connectivity index (χ1v) is 18.6. The molecule has 2 aromatic carbocycles. The van der Waals surface area contributed by atoms with Crippen LogP contribution >= 0.6 is 0 Å². The van der Waals surface area contributed by atoms with Crippen LogP contribution in [-0.4, -0.2) is 49.2 Å². The summed E-state index contributed by atoms with van der Waals surface area (Å²) in [6.45, 7) is 32.6. The van der Waals surface area contributed by atoms with E-state index in [4.69, 9.17) is 18.9 Å². The lowest BCUT2D eigenvalue weighted by atomic mass is 9.78. The van der Waals surface area contributed by atoms with Gasteiger partial charge in [0.2, 0.25) is 0 Å². The number of ether oxygens (including phenoxy) is 4. The average molecular weight is 681 g/mol. The van der Waals surface area contributed by atoms with E-state index in [1.165, 1.54) is 11.1 Å². The van der Waals surface area contributed by atoms with Gasteiger partial charge in [0, 0.05) is 10.8 Å². The number of phenols is 2. The molecule has 0 bridgehead atoms. The van der Waals surface area contributed by atoms with E-state index in [-0.39, 0.29) is 39.7 Å². The number of benzene rings is 2. The molecule has 2 aromatic rings. The van der Waals surface area contributed by atoms with Crippen LogP contribution in [0.4, 0.5) is 0 Å². The van der Waals surface area contributed by atoms with Crippen LogP contribution < -0.4 is 0 Å². The molecule has 4 rings (SSSR count). The van der Waals surface area contributed by atoms with Gasteiger partial charge in [-0.25, -0.2) is 0 Å². The highest BCUT2D eigenvalue weighted by Crippen LogP contribution is 2.43. The fraction of sp³-hybridized carbons (Fsp3) is 0.721. The van der Waals surface area contributed by atoms with Gasteiger partial charge in [-0.2, -0.15) is 0 Å². The van der Waals surface area contributed by atoms with Gasteiger partial charge in [-0.15, -0.1) is 0 Å². The highest BCUT2D eigenvalue weighted by Gasteiger charge is 2.48. The Morgan fingerprint density at radius 1 is 0.571 bits per heavy atom. The van der Waals surface area contributed by atoms with E-state index in [9.17, 15) is 10.2 Å². The summed E-state index contributed by atoms with van der Waals surface area (Å²) in [4.78, 5) is 0. The van der Waals surface area contributed by atoms with Gasteiger partial charge < -0.3 is 29.2 Å². The van der Waals surface area contributed by atoms with Crippen LogP contribution in [0.2, 0.25) is 0 Å². The highest BCUT2D eigenvalue weighted by atomic mass is 16.7. The van der Waals surface area contributed by atoms with Crippen LogP contribution in [0.5, 0.6) is 11.5 Å². The topological polar surface area (TPSA) is 77.4 Å². The van der Waals surface area contributed by atoms with Crippen molar-refractivity contribution in [3.05, 3.63) is 57.6 Å². The van der Waals surface area contributed by atoms with Gasteiger partial charge in [0.15, 0.2) is 12.6 Å². The first-order chi connectivity index (χ1) is 22.4. The molecule has 0 unspecified atom stereocenters. The third-order valence-electron chi connectivity index (χ3n) is 10.1. The van der Waals surface area contributed by atoms with E-state index in [0.717, 1.165) is 47.9 Å². The zero-order valence-corrected chi connectivity index (χ0v) is 33.3. The molecular weight excluding hydrogens is 612 g/mol. The zero-order chi connectivity index (χ0) is 36.7. The molecule has 2 fully saturated rings. The molecule has 0 aromatic heterocycles. The lowest BCUT2D eigenvalue weighted by Gasteiger charge is -2.49. The van der Waals surface area contributed by atoms with Gasteiger partial charge >= 0.3 is 0 Å². The van der Waals surface area contributed by atoms with Gasteiger partial charge in [-0.05, 0) is 81.7 Å². The maximum atomic E-state index is 11.1. The second-order valence-electron chi connectivity index (χ2n) is 19.7. The van der Waals surface area contributed by atoms with Crippen LogP contribution in [0.25, 0.3) is 0 Å². The Kier molecular flexibility index (Phi) is 11.7. The van der Waals surface area contributed by atoms with Crippen LogP contribution in [0.15, 0.2) is 24.3 Å². The molecule has 0 aliphatic carbocycles. The predicted octanol–water partition coefficient (Wildman–Crippen LogP) is 9.66. The maximum Gasteiger partial charge on any atom is 0.162 e. The van der Waals surface area contributed by atoms with Gasteiger partial charge in [0.25, 0.3) is 0 Å². The largest absolute Gasteiger partial charge is 0.507 e. The van der Waals surface area contributed by atoms with Crippen molar-refractivity contribution < 1.29 is 29.2 Å². The molecule has 49 heavy (non-hydrogen) atoms. The molecule has 0 atom stereocenters. The molecule has 2 heterocycles. The Labute approximate surface area is 298 Å². The third-order valence-corrected chi connectivity index (χ3v) is 10.1. The van der Waals surface area contributed by atoms with Crippen molar-refractivity contribution in [3.63, 3.8) is 0 Å². The summed E-state index contributed by atoms with van der Waals surface area (Å²) in [5.74, 6) is 1.76. The van der Waals surface area contributed by atoms with E-state index < -0.39 is 0 Å². The van der Waals surface area contributed by atoms with Crippen molar-refractivity contribution in [2.45, 2.75) is 146 Å². The molecule has 1 spiro atoms. The van der Waals surface area contributed by atoms with Crippen molar-refractivity contribution in [3.8, 4) is 11.5 Å². The number of rotatable bonds is 10. The van der Waals surface area contributed by atoms with Crippen LogP contribution in [0.3, 0.4) is 0 Å². The summed E-state index contributed by atoms with van der Waals surface area (Å²) in [7, 11) is 0. The molecule has 2 saturated heterocycles. The molecule has 2 aliphatic heterocycles. The van der Waals surface area contributed by atoms with Gasteiger partial charge in [-0.1, -0.05) is 121 Å². The first kappa shape index (κ1) is 39.7. The standard InChI is InChI=1S/C43H68O6/c1-27(2)15-31-17-29(19-33(35(31)44)39(5,6)7)21-41(11,12)37-46-23-43(24-47-37)25-48-38(49-26-43)42(13,14)22-30-18-32(16-28(3)4)36(45)34(20-30)40(8,9)10/h17-20,27-28,37-38,44-45H,15-16,21-26H2,1-14H3. The van der Waals surface area contributed by atoms with Gasteiger partial charge in [-0.3, -0.25) is 0 Å². The second kappa shape index (κ2) is 14.5. The second-order valence-corrected chi connectivity index (χ2v) is 19.7. The van der Waals surface area contributed by atoms with E-state index in [0.29, 0.717) is 49.8 Å².